The topological polar surface area (TPSA) is 67.8 Å². The first-order valence-electron chi connectivity index (χ1n) is 7.06. The van der Waals surface area contributed by atoms with Crippen molar-refractivity contribution in [3.05, 3.63) is 30.1 Å². The van der Waals surface area contributed by atoms with E-state index in [0.29, 0.717) is 45.0 Å². The Hall–Kier alpha value is -1.66. The third-order valence-electron chi connectivity index (χ3n) is 2.65. The normalized spacial score (nSPS) is 10.4. The number of nitrogens with one attached hydrogen (secondary N) is 1. The van der Waals surface area contributed by atoms with Crippen molar-refractivity contribution in [2.24, 2.45) is 0 Å². The monoisotopic (exact) mass is 299 g/mol. The number of ether oxygens (including phenoxy) is 2. The molecule has 1 aromatic carbocycles. The molecule has 0 spiro atoms. The zero-order valence-electron chi connectivity index (χ0n) is 12.0. The summed E-state index contributed by atoms with van der Waals surface area (Å²) in [6.07, 6.45) is 1.71. The second-order valence-electron chi connectivity index (χ2n) is 4.45. The van der Waals surface area contributed by atoms with Crippen molar-refractivity contribution in [1.82, 2.24) is 5.32 Å². The van der Waals surface area contributed by atoms with E-state index in [-0.39, 0.29) is 18.3 Å². The van der Waals surface area contributed by atoms with Gasteiger partial charge >= 0.3 is 0 Å². The molecular weight excluding hydrogens is 277 g/mol. The minimum atomic E-state index is -0.301. The molecule has 0 atom stereocenters. The molecule has 0 aliphatic heterocycles. The van der Waals surface area contributed by atoms with Crippen molar-refractivity contribution in [3.8, 4) is 5.75 Å². The van der Waals surface area contributed by atoms with Gasteiger partial charge in [0.15, 0.2) is 0 Å². The van der Waals surface area contributed by atoms with Gasteiger partial charge in [0, 0.05) is 19.6 Å². The van der Waals surface area contributed by atoms with Crippen LogP contribution >= 0.6 is 0 Å². The lowest BCUT2D eigenvalue weighted by Gasteiger charge is -2.07. The van der Waals surface area contributed by atoms with Crippen LogP contribution in [0.15, 0.2) is 24.3 Å². The molecule has 0 heterocycles. The lowest BCUT2D eigenvalue weighted by molar-refractivity contribution is -0.121. The first-order valence-corrected chi connectivity index (χ1v) is 7.06. The van der Waals surface area contributed by atoms with Gasteiger partial charge in [-0.3, -0.25) is 4.79 Å². The summed E-state index contributed by atoms with van der Waals surface area (Å²) in [4.78, 5) is 11.5. The Kier molecular flexibility index (Phi) is 9.15. The van der Waals surface area contributed by atoms with E-state index in [1.807, 2.05) is 0 Å². The average molecular weight is 299 g/mol. The van der Waals surface area contributed by atoms with Crippen molar-refractivity contribution in [3.63, 3.8) is 0 Å². The minimum absolute atomic E-state index is 0.0143. The number of hydrogen-bond acceptors (Lipinski definition) is 4. The fourth-order valence-electron chi connectivity index (χ4n) is 1.61. The molecule has 21 heavy (non-hydrogen) atoms. The van der Waals surface area contributed by atoms with Crippen LogP contribution in [0.3, 0.4) is 0 Å². The number of carbonyl (C=O) groups excluding carboxylic acids is 1. The lowest BCUT2D eigenvalue weighted by Crippen LogP contribution is -2.25. The summed E-state index contributed by atoms with van der Waals surface area (Å²) in [5.41, 5.74) is 0. The molecule has 6 heteroatoms. The van der Waals surface area contributed by atoms with Gasteiger partial charge in [0.1, 0.15) is 11.6 Å². The van der Waals surface area contributed by atoms with Crippen molar-refractivity contribution < 1.29 is 23.8 Å². The van der Waals surface area contributed by atoms with E-state index in [1.54, 1.807) is 12.1 Å². The molecule has 1 rings (SSSR count). The first kappa shape index (κ1) is 17.4. The zero-order chi connectivity index (χ0) is 15.3. The molecule has 0 radical (unpaired) electrons. The molecule has 1 amide bonds. The zero-order valence-corrected chi connectivity index (χ0v) is 12.0. The predicted molar refractivity (Wildman–Crippen MR) is 76.7 cm³/mol. The number of carbonyl (C=O) groups is 1. The Balaban J connectivity index is 1.97. The van der Waals surface area contributed by atoms with Gasteiger partial charge in [0.2, 0.25) is 5.91 Å². The van der Waals surface area contributed by atoms with Crippen molar-refractivity contribution in [1.29, 1.82) is 0 Å². The summed E-state index contributed by atoms with van der Waals surface area (Å²) in [7, 11) is 0. The largest absolute Gasteiger partial charge is 0.494 e. The first-order chi connectivity index (χ1) is 10.2. The second kappa shape index (κ2) is 11.0. The lowest BCUT2D eigenvalue weighted by atomic mass is 10.3. The maximum atomic E-state index is 12.7. The van der Waals surface area contributed by atoms with E-state index in [4.69, 9.17) is 14.6 Å². The quantitative estimate of drug-likeness (QED) is 0.608. The summed E-state index contributed by atoms with van der Waals surface area (Å²) in [5.74, 6) is 0.266. The van der Waals surface area contributed by atoms with Crippen molar-refractivity contribution >= 4 is 5.91 Å². The third-order valence-corrected chi connectivity index (χ3v) is 2.65. The Morgan fingerprint density at radius 1 is 1.14 bits per heavy atom. The Bertz CT molecular complexity index is 397. The van der Waals surface area contributed by atoms with Crippen LogP contribution in [0.5, 0.6) is 5.75 Å². The molecule has 118 valence electrons. The van der Waals surface area contributed by atoms with Crippen molar-refractivity contribution in [2.75, 3.05) is 33.0 Å². The van der Waals surface area contributed by atoms with Gasteiger partial charge in [-0.05, 0) is 37.1 Å². The number of rotatable bonds is 11. The van der Waals surface area contributed by atoms with E-state index < -0.39 is 0 Å². The van der Waals surface area contributed by atoms with Crippen LogP contribution in [-0.4, -0.2) is 44.0 Å². The summed E-state index contributed by atoms with van der Waals surface area (Å²) in [6.45, 7) is 1.84. The highest BCUT2D eigenvalue weighted by Crippen LogP contribution is 2.11. The fourth-order valence-corrected chi connectivity index (χ4v) is 1.61. The molecule has 0 aliphatic carbocycles. The van der Waals surface area contributed by atoms with Gasteiger partial charge in [0.05, 0.1) is 19.8 Å². The smallest absolute Gasteiger partial charge is 0.220 e. The van der Waals surface area contributed by atoms with Crippen LogP contribution in [0.4, 0.5) is 4.39 Å². The van der Waals surface area contributed by atoms with Gasteiger partial charge in [-0.2, -0.15) is 0 Å². The summed E-state index contributed by atoms with van der Waals surface area (Å²) < 4.78 is 23.1. The van der Waals surface area contributed by atoms with Gasteiger partial charge < -0.3 is 19.9 Å². The SMILES string of the molecule is O=C(CCCOc1ccc(F)cc1)NCCCOCCO. The number of benzene rings is 1. The molecule has 0 unspecified atom stereocenters. The van der Waals surface area contributed by atoms with Crippen LogP contribution in [0.25, 0.3) is 0 Å². The molecule has 0 saturated carbocycles. The summed E-state index contributed by atoms with van der Waals surface area (Å²) >= 11 is 0. The van der Waals surface area contributed by atoms with Crippen LogP contribution in [-0.2, 0) is 9.53 Å². The molecule has 0 aliphatic rings. The highest BCUT2D eigenvalue weighted by molar-refractivity contribution is 5.75. The molecule has 1 aromatic rings. The Morgan fingerprint density at radius 2 is 1.90 bits per heavy atom. The number of amides is 1. The number of hydrogen-bond donors (Lipinski definition) is 2. The van der Waals surface area contributed by atoms with Crippen LogP contribution in [0, 0.1) is 5.82 Å². The Labute approximate surface area is 124 Å². The number of aliphatic hydroxyl groups is 1. The van der Waals surface area contributed by atoms with Crippen molar-refractivity contribution in [2.45, 2.75) is 19.3 Å². The standard InChI is InChI=1S/C15H22FNO4/c16-13-4-6-14(7-5-13)21-11-1-3-15(19)17-8-2-10-20-12-9-18/h4-7,18H,1-3,8-12H2,(H,17,19). The fraction of sp³-hybridized carbons (Fsp3) is 0.533. The summed E-state index contributed by atoms with van der Waals surface area (Å²) in [5, 5.41) is 11.3. The van der Waals surface area contributed by atoms with E-state index in [0.717, 1.165) is 6.42 Å². The Morgan fingerprint density at radius 3 is 2.62 bits per heavy atom. The van der Waals surface area contributed by atoms with E-state index in [2.05, 4.69) is 5.32 Å². The van der Waals surface area contributed by atoms with Gasteiger partial charge in [0.25, 0.3) is 0 Å². The molecule has 0 fully saturated rings. The number of aliphatic hydroxyl groups excluding tert-OH is 1. The number of halogens is 1. The second-order valence-corrected chi connectivity index (χ2v) is 4.45. The molecule has 0 bridgehead atoms. The molecular formula is C15H22FNO4. The van der Waals surface area contributed by atoms with Gasteiger partial charge in [-0.25, -0.2) is 4.39 Å². The van der Waals surface area contributed by atoms with Gasteiger partial charge in [-0.15, -0.1) is 0 Å². The molecule has 0 aromatic heterocycles. The maximum Gasteiger partial charge on any atom is 0.220 e. The minimum Gasteiger partial charge on any atom is -0.494 e. The average Bonchev–Trinajstić information content (AvgIpc) is 2.49. The van der Waals surface area contributed by atoms with Gasteiger partial charge in [-0.1, -0.05) is 0 Å². The van der Waals surface area contributed by atoms with Crippen LogP contribution in [0.1, 0.15) is 19.3 Å². The predicted octanol–water partition coefficient (Wildman–Crippen LogP) is 1.50. The molecule has 5 nitrogen and oxygen atoms in total. The summed E-state index contributed by atoms with van der Waals surface area (Å²) in [6, 6.07) is 5.78. The van der Waals surface area contributed by atoms with E-state index in [1.165, 1.54) is 12.1 Å². The molecule has 2 N–H and O–H groups in total. The van der Waals surface area contributed by atoms with Crippen LogP contribution in [0.2, 0.25) is 0 Å². The van der Waals surface area contributed by atoms with Crippen LogP contribution < -0.4 is 10.1 Å². The van der Waals surface area contributed by atoms with E-state index in [9.17, 15) is 9.18 Å². The third kappa shape index (κ3) is 8.99. The highest BCUT2D eigenvalue weighted by Gasteiger charge is 2.01. The maximum absolute atomic E-state index is 12.7. The molecule has 0 saturated heterocycles. The highest BCUT2D eigenvalue weighted by atomic mass is 19.1. The van der Waals surface area contributed by atoms with E-state index >= 15 is 0 Å².